The van der Waals surface area contributed by atoms with Gasteiger partial charge in [0, 0.05) is 18.4 Å². The van der Waals surface area contributed by atoms with Crippen molar-refractivity contribution in [2.24, 2.45) is 0 Å². The van der Waals surface area contributed by atoms with E-state index in [1.54, 1.807) is 0 Å². The summed E-state index contributed by atoms with van der Waals surface area (Å²) in [6, 6.07) is 11.5. The summed E-state index contributed by atoms with van der Waals surface area (Å²) in [6.07, 6.45) is 13.9. The zero-order valence-electron chi connectivity index (χ0n) is 15.7. The summed E-state index contributed by atoms with van der Waals surface area (Å²) < 4.78 is 6.00. The lowest BCUT2D eigenvalue weighted by Gasteiger charge is -2.35. The van der Waals surface area contributed by atoms with E-state index < -0.39 is 0 Å². The molecule has 1 aromatic heterocycles. The molecule has 0 N–H and O–H groups in total. The summed E-state index contributed by atoms with van der Waals surface area (Å²) >= 11 is 0. The van der Waals surface area contributed by atoms with Crippen LogP contribution in [-0.2, 0) is 12.8 Å². The zero-order valence-corrected chi connectivity index (χ0v) is 15.7. The molecule has 2 aliphatic rings. The quantitative estimate of drug-likeness (QED) is 0.660. The molecule has 1 aliphatic carbocycles. The highest BCUT2D eigenvalue weighted by atomic mass is 16.5. The average molecular weight is 351 g/mol. The van der Waals surface area contributed by atoms with Gasteiger partial charge in [0.15, 0.2) is 0 Å². The van der Waals surface area contributed by atoms with E-state index in [1.165, 1.54) is 68.2 Å². The van der Waals surface area contributed by atoms with Gasteiger partial charge in [-0.05, 0) is 92.9 Å². The monoisotopic (exact) mass is 350 g/mol. The average Bonchev–Trinajstić information content (AvgIpc) is 3.17. The molecule has 1 unspecified atom stereocenters. The summed E-state index contributed by atoms with van der Waals surface area (Å²) in [5.41, 5.74) is 4.39. The van der Waals surface area contributed by atoms with Crippen molar-refractivity contribution in [3.8, 4) is 5.75 Å². The fraction of sp³-hybridized carbons (Fsp3) is 0.522. The van der Waals surface area contributed by atoms with Crippen molar-refractivity contribution in [1.29, 1.82) is 0 Å². The first kappa shape index (κ1) is 17.5. The zero-order chi connectivity index (χ0) is 17.6. The van der Waals surface area contributed by atoms with E-state index in [9.17, 15) is 0 Å². The first-order valence-electron chi connectivity index (χ1n) is 10.3. The Bertz CT molecular complexity index is 701. The number of fused-ring (bicyclic) bond motifs is 1. The maximum Gasteiger partial charge on any atom is 0.119 e. The van der Waals surface area contributed by atoms with Gasteiger partial charge in [0.1, 0.15) is 5.75 Å². The van der Waals surface area contributed by atoms with Crippen LogP contribution in [0.2, 0.25) is 0 Å². The van der Waals surface area contributed by atoms with Crippen LogP contribution in [0.15, 0.2) is 42.7 Å². The molecular weight excluding hydrogens is 320 g/mol. The van der Waals surface area contributed by atoms with Crippen molar-refractivity contribution < 1.29 is 4.74 Å². The first-order valence-corrected chi connectivity index (χ1v) is 10.3. The molecule has 1 saturated heterocycles. The molecule has 0 bridgehead atoms. The van der Waals surface area contributed by atoms with E-state index in [-0.39, 0.29) is 0 Å². The molecule has 2 heterocycles. The van der Waals surface area contributed by atoms with Crippen LogP contribution in [0.5, 0.6) is 5.75 Å². The molecule has 0 amide bonds. The second-order valence-corrected chi connectivity index (χ2v) is 7.67. The van der Waals surface area contributed by atoms with Gasteiger partial charge in [-0.25, -0.2) is 0 Å². The Kier molecular flexibility index (Phi) is 5.85. The number of unbranched alkanes of at least 4 members (excludes halogenated alkanes) is 1. The number of aryl methyl sites for hydroxylation is 2. The molecule has 1 aromatic carbocycles. The summed E-state index contributed by atoms with van der Waals surface area (Å²) in [4.78, 5) is 6.96. The molecule has 2 aromatic rings. The lowest BCUT2D eigenvalue weighted by atomic mass is 9.96. The van der Waals surface area contributed by atoms with Crippen LogP contribution in [-0.4, -0.2) is 29.6 Å². The van der Waals surface area contributed by atoms with E-state index in [1.807, 2.05) is 12.4 Å². The Morgan fingerprint density at radius 2 is 2.00 bits per heavy atom. The Morgan fingerprint density at radius 3 is 2.92 bits per heavy atom. The van der Waals surface area contributed by atoms with Crippen LogP contribution in [0.4, 0.5) is 0 Å². The molecule has 3 nitrogen and oxygen atoms in total. The van der Waals surface area contributed by atoms with Crippen LogP contribution in [0.3, 0.4) is 0 Å². The molecule has 0 saturated carbocycles. The Hall–Kier alpha value is -1.87. The van der Waals surface area contributed by atoms with Crippen molar-refractivity contribution in [3.05, 3.63) is 59.4 Å². The van der Waals surface area contributed by atoms with E-state index >= 15 is 0 Å². The van der Waals surface area contributed by atoms with Gasteiger partial charge in [-0.3, -0.25) is 9.88 Å². The lowest BCUT2D eigenvalue weighted by Crippen LogP contribution is -2.34. The maximum atomic E-state index is 6.00. The number of hydrogen-bond acceptors (Lipinski definition) is 3. The number of aromatic nitrogens is 1. The van der Waals surface area contributed by atoms with Gasteiger partial charge in [0.25, 0.3) is 0 Å². The van der Waals surface area contributed by atoms with Crippen molar-refractivity contribution >= 4 is 0 Å². The molecule has 138 valence electrons. The number of piperidine rings is 1. The number of hydrogen-bond donors (Lipinski definition) is 0. The van der Waals surface area contributed by atoms with Crippen molar-refractivity contribution in [1.82, 2.24) is 9.88 Å². The van der Waals surface area contributed by atoms with Crippen LogP contribution in [0, 0.1) is 0 Å². The van der Waals surface area contributed by atoms with Gasteiger partial charge < -0.3 is 4.74 Å². The van der Waals surface area contributed by atoms with Gasteiger partial charge in [-0.15, -0.1) is 0 Å². The highest BCUT2D eigenvalue weighted by Crippen LogP contribution is 2.30. The van der Waals surface area contributed by atoms with Crippen LogP contribution in [0.25, 0.3) is 0 Å². The number of benzene rings is 1. The number of pyridine rings is 1. The summed E-state index contributed by atoms with van der Waals surface area (Å²) in [6.45, 7) is 3.20. The fourth-order valence-electron chi connectivity index (χ4n) is 4.45. The van der Waals surface area contributed by atoms with Gasteiger partial charge in [0.2, 0.25) is 0 Å². The molecule has 26 heavy (non-hydrogen) atoms. The molecule has 1 aliphatic heterocycles. The minimum absolute atomic E-state index is 0.551. The van der Waals surface area contributed by atoms with Crippen LogP contribution < -0.4 is 4.74 Å². The van der Waals surface area contributed by atoms with E-state index in [0.29, 0.717) is 6.04 Å². The van der Waals surface area contributed by atoms with Crippen molar-refractivity contribution in [2.45, 2.75) is 57.4 Å². The molecule has 3 heteroatoms. The number of likely N-dealkylation sites (tertiary alicyclic amines) is 1. The highest BCUT2D eigenvalue weighted by Gasteiger charge is 2.23. The molecular formula is C23H30N2O. The smallest absolute Gasteiger partial charge is 0.119 e. The Labute approximate surface area is 157 Å². The maximum absolute atomic E-state index is 6.00. The number of nitrogens with zero attached hydrogens (tertiary/aromatic N) is 2. The van der Waals surface area contributed by atoms with Crippen LogP contribution >= 0.6 is 0 Å². The summed E-state index contributed by atoms with van der Waals surface area (Å²) in [5, 5.41) is 0. The molecule has 4 rings (SSSR count). The van der Waals surface area contributed by atoms with Gasteiger partial charge in [-0.2, -0.15) is 0 Å². The van der Waals surface area contributed by atoms with Gasteiger partial charge in [-0.1, -0.05) is 18.6 Å². The third-order valence-electron chi connectivity index (χ3n) is 5.86. The predicted octanol–water partition coefficient (Wildman–Crippen LogP) is 4.96. The normalized spacial score (nSPS) is 20.1. The fourth-order valence-corrected chi connectivity index (χ4v) is 4.45. The Morgan fingerprint density at radius 1 is 1.04 bits per heavy atom. The number of ether oxygens (including phenoxy) is 1. The highest BCUT2D eigenvalue weighted by molar-refractivity contribution is 5.38. The third-order valence-corrected chi connectivity index (χ3v) is 5.86. The van der Waals surface area contributed by atoms with Gasteiger partial charge >= 0.3 is 0 Å². The Balaban J connectivity index is 1.22. The van der Waals surface area contributed by atoms with Crippen LogP contribution in [0.1, 0.15) is 61.3 Å². The second kappa shape index (κ2) is 8.68. The minimum atomic E-state index is 0.551. The van der Waals surface area contributed by atoms with Gasteiger partial charge in [0.05, 0.1) is 6.61 Å². The number of rotatable bonds is 7. The van der Waals surface area contributed by atoms with E-state index in [2.05, 4.69) is 40.2 Å². The first-order chi connectivity index (χ1) is 12.9. The van der Waals surface area contributed by atoms with E-state index in [0.717, 1.165) is 25.3 Å². The summed E-state index contributed by atoms with van der Waals surface area (Å²) in [5.74, 6) is 1.05. The standard InChI is InChI=1S/C23H30N2O/c1-2-14-25(23(10-1)21-9-6-13-24-18-21)15-3-4-16-26-22-12-11-19-7-5-8-20(19)17-22/h6,9,11-13,17-18,23H,1-5,7-8,10,14-16H2. The molecule has 1 atom stereocenters. The SMILES string of the molecule is c1cncc(C2CCCCN2CCCCOc2ccc3c(c2)CCC3)c1. The lowest BCUT2D eigenvalue weighted by molar-refractivity contribution is 0.143. The van der Waals surface area contributed by atoms with Crippen molar-refractivity contribution in [3.63, 3.8) is 0 Å². The molecule has 1 fully saturated rings. The van der Waals surface area contributed by atoms with Crippen molar-refractivity contribution in [2.75, 3.05) is 19.7 Å². The predicted molar refractivity (Wildman–Crippen MR) is 106 cm³/mol. The largest absolute Gasteiger partial charge is 0.494 e. The summed E-state index contributed by atoms with van der Waals surface area (Å²) in [7, 11) is 0. The minimum Gasteiger partial charge on any atom is -0.494 e. The second-order valence-electron chi connectivity index (χ2n) is 7.67. The third kappa shape index (κ3) is 4.27. The molecule has 0 radical (unpaired) electrons. The molecule has 0 spiro atoms. The van der Waals surface area contributed by atoms with E-state index in [4.69, 9.17) is 4.74 Å². The topological polar surface area (TPSA) is 25.4 Å².